The molecule has 0 aromatic carbocycles. The third-order valence-electron chi connectivity index (χ3n) is 1.36. The van der Waals surface area contributed by atoms with E-state index < -0.39 is 6.10 Å². The van der Waals surface area contributed by atoms with Crippen molar-refractivity contribution in [2.75, 3.05) is 0 Å². The molecular formula is C8H10NO. The highest BCUT2D eigenvalue weighted by Gasteiger charge is 2.01. The fraction of sp³-hybridized carbons (Fsp3) is 0.250. The van der Waals surface area contributed by atoms with Crippen LogP contribution in [0.5, 0.6) is 0 Å². The molecule has 1 heterocycles. The summed E-state index contributed by atoms with van der Waals surface area (Å²) in [5.74, 6) is 0. The Balaban J connectivity index is 2.75. The van der Waals surface area contributed by atoms with Crippen molar-refractivity contribution in [1.82, 2.24) is 4.98 Å². The maximum absolute atomic E-state index is 9.24. The summed E-state index contributed by atoms with van der Waals surface area (Å²) in [6, 6.07) is 3.58. The molecule has 0 bridgehead atoms. The van der Waals surface area contributed by atoms with Crippen LogP contribution < -0.4 is 0 Å². The van der Waals surface area contributed by atoms with Crippen LogP contribution in [-0.2, 0) is 0 Å². The number of aromatic nitrogens is 1. The van der Waals surface area contributed by atoms with E-state index in [0.717, 1.165) is 5.56 Å². The third kappa shape index (κ3) is 1.54. The predicted molar refractivity (Wildman–Crippen MR) is 39.2 cm³/mol. The molecule has 2 nitrogen and oxygen atoms in total. The van der Waals surface area contributed by atoms with E-state index in [0.29, 0.717) is 6.42 Å². The summed E-state index contributed by atoms with van der Waals surface area (Å²) in [6.07, 6.45) is 3.38. The van der Waals surface area contributed by atoms with Gasteiger partial charge in [0.1, 0.15) is 0 Å². The smallest absolute Gasteiger partial charge is 0.0791 e. The van der Waals surface area contributed by atoms with Gasteiger partial charge in [0, 0.05) is 12.4 Å². The van der Waals surface area contributed by atoms with Crippen LogP contribution in [0.3, 0.4) is 0 Å². The molecule has 1 aromatic rings. The largest absolute Gasteiger partial charge is 0.388 e. The van der Waals surface area contributed by atoms with Gasteiger partial charge in [0.25, 0.3) is 0 Å². The molecule has 0 fully saturated rings. The van der Waals surface area contributed by atoms with Crippen LogP contribution >= 0.6 is 0 Å². The number of aliphatic hydroxyl groups is 1. The van der Waals surface area contributed by atoms with E-state index in [1.54, 1.807) is 24.5 Å². The zero-order valence-electron chi connectivity index (χ0n) is 5.70. The zero-order valence-corrected chi connectivity index (χ0v) is 5.70. The molecule has 0 saturated heterocycles. The number of rotatable bonds is 2. The second kappa shape index (κ2) is 3.32. The average molecular weight is 136 g/mol. The Bertz CT molecular complexity index is 186. The van der Waals surface area contributed by atoms with Gasteiger partial charge in [0.05, 0.1) is 6.10 Å². The first-order chi connectivity index (χ1) is 4.84. The lowest BCUT2D eigenvalue weighted by molar-refractivity contribution is 0.180. The molecule has 1 atom stereocenters. The summed E-state index contributed by atoms with van der Waals surface area (Å²) in [7, 11) is 0. The molecule has 0 aliphatic carbocycles. The molecule has 1 rings (SSSR count). The van der Waals surface area contributed by atoms with Crippen molar-refractivity contribution in [3.8, 4) is 0 Å². The normalized spacial score (nSPS) is 13.0. The molecule has 1 aromatic heterocycles. The van der Waals surface area contributed by atoms with Crippen molar-refractivity contribution < 1.29 is 5.11 Å². The molecule has 1 unspecified atom stereocenters. The third-order valence-corrected chi connectivity index (χ3v) is 1.36. The molecule has 1 radical (unpaired) electrons. The Kier molecular flexibility index (Phi) is 2.40. The summed E-state index contributed by atoms with van der Waals surface area (Å²) < 4.78 is 0. The second-order valence-electron chi connectivity index (χ2n) is 2.09. The minimum absolute atomic E-state index is 0.442. The Morgan fingerprint density at radius 1 is 1.50 bits per heavy atom. The molecule has 0 saturated carbocycles. The molecule has 0 aliphatic rings. The van der Waals surface area contributed by atoms with E-state index in [4.69, 9.17) is 0 Å². The number of pyridine rings is 1. The summed E-state index contributed by atoms with van der Waals surface area (Å²) in [4.78, 5) is 3.83. The predicted octanol–water partition coefficient (Wildman–Crippen LogP) is 1.34. The number of hydrogen-bond acceptors (Lipinski definition) is 2. The van der Waals surface area contributed by atoms with Crippen molar-refractivity contribution in [3.05, 3.63) is 37.0 Å². The Labute approximate surface area is 60.5 Å². The first kappa shape index (κ1) is 7.22. The van der Waals surface area contributed by atoms with Gasteiger partial charge in [-0.25, -0.2) is 0 Å². The van der Waals surface area contributed by atoms with Crippen molar-refractivity contribution in [2.45, 2.75) is 12.5 Å². The Hall–Kier alpha value is -0.890. The number of nitrogens with zero attached hydrogens (tertiary/aromatic N) is 1. The highest BCUT2D eigenvalue weighted by molar-refractivity contribution is 5.12. The molecule has 0 amide bonds. The second-order valence-corrected chi connectivity index (χ2v) is 2.09. The van der Waals surface area contributed by atoms with Gasteiger partial charge in [-0.2, -0.15) is 0 Å². The van der Waals surface area contributed by atoms with Crippen LogP contribution in [0.1, 0.15) is 18.1 Å². The first-order valence-electron chi connectivity index (χ1n) is 3.22. The summed E-state index contributed by atoms with van der Waals surface area (Å²) in [5.41, 5.74) is 0.880. The van der Waals surface area contributed by atoms with Crippen LogP contribution in [0.25, 0.3) is 0 Å². The molecule has 53 valence electrons. The summed E-state index contributed by atoms with van der Waals surface area (Å²) >= 11 is 0. The Morgan fingerprint density at radius 2 is 2.10 bits per heavy atom. The molecule has 0 aliphatic heterocycles. The van der Waals surface area contributed by atoms with Gasteiger partial charge >= 0.3 is 0 Å². The maximum atomic E-state index is 9.24. The van der Waals surface area contributed by atoms with E-state index >= 15 is 0 Å². The van der Waals surface area contributed by atoms with Gasteiger partial charge in [-0.05, 0) is 24.1 Å². The van der Waals surface area contributed by atoms with E-state index in [1.807, 2.05) is 0 Å². The lowest BCUT2D eigenvalue weighted by Gasteiger charge is -2.05. The van der Waals surface area contributed by atoms with Gasteiger partial charge in [0.15, 0.2) is 0 Å². The number of aliphatic hydroxyl groups excluding tert-OH is 1. The van der Waals surface area contributed by atoms with Gasteiger partial charge in [-0.3, -0.25) is 4.98 Å². The first-order valence-corrected chi connectivity index (χ1v) is 3.22. The lowest BCUT2D eigenvalue weighted by Crippen LogP contribution is -1.94. The van der Waals surface area contributed by atoms with Crippen molar-refractivity contribution in [2.24, 2.45) is 0 Å². The van der Waals surface area contributed by atoms with Gasteiger partial charge < -0.3 is 5.11 Å². The topological polar surface area (TPSA) is 33.1 Å². The summed E-state index contributed by atoms with van der Waals surface area (Å²) in [5, 5.41) is 9.24. The minimum atomic E-state index is -0.442. The molecule has 1 N–H and O–H groups in total. The van der Waals surface area contributed by atoms with Gasteiger partial charge in [0.2, 0.25) is 0 Å². The van der Waals surface area contributed by atoms with Crippen molar-refractivity contribution in [1.29, 1.82) is 0 Å². The van der Waals surface area contributed by atoms with Crippen LogP contribution in [0.15, 0.2) is 24.5 Å². The minimum Gasteiger partial charge on any atom is -0.388 e. The van der Waals surface area contributed by atoms with Crippen LogP contribution in [0, 0.1) is 6.92 Å². The van der Waals surface area contributed by atoms with E-state index in [2.05, 4.69) is 11.9 Å². The monoisotopic (exact) mass is 136 g/mol. The average Bonchev–Trinajstić information content (AvgIpc) is 2.05. The number of hydrogen-bond donors (Lipinski definition) is 1. The Morgan fingerprint density at radius 3 is 2.60 bits per heavy atom. The lowest BCUT2D eigenvalue weighted by atomic mass is 10.1. The standard InChI is InChI=1S/C8H10NO/c1-2-8(10)7-3-5-9-6-4-7/h3-6,8,10H,1-2H2. The summed E-state index contributed by atoms with van der Waals surface area (Å²) in [6.45, 7) is 3.59. The van der Waals surface area contributed by atoms with Crippen molar-refractivity contribution >= 4 is 0 Å². The van der Waals surface area contributed by atoms with Crippen LogP contribution in [0.2, 0.25) is 0 Å². The molecule has 10 heavy (non-hydrogen) atoms. The SMILES string of the molecule is [CH2]CC(O)c1ccncc1. The fourth-order valence-electron chi connectivity index (χ4n) is 0.752. The highest BCUT2D eigenvalue weighted by atomic mass is 16.3. The molecule has 0 spiro atoms. The quantitative estimate of drug-likeness (QED) is 0.665. The van der Waals surface area contributed by atoms with E-state index in [1.165, 1.54) is 0 Å². The van der Waals surface area contributed by atoms with Gasteiger partial charge in [-0.1, -0.05) is 6.92 Å². The fourth-order valence-corrected chi connectivity index (χ4v) is 0.752. The van der Waals surface area contributed by atoms with Crippen molar-refractivity contribution in [3.63, 3.8) is 0 Å². The van der Waals surface area contributed by atoms with Crippen LogP contribution in [0.4, 0.5) is 0 Å². The maximum Gasteiger partial charge on any atom is 0.0791 e. The van der Waals surface area contributed by atoms with Gasteiger partial charge in [-0.15, -0.1) is 0 Å². The van der Waals surface area contributed by atoms with E-state index in [9.17, 15) is 5.11 Å². The molecule has 2 heteroatoms. The zero-order chi connectivity index (χ0) is 7.40. The highest BCUT2D eigenvalue weighted by Crippen LogP contribution is 2.13. The van der Waals surface area contributed by atoms with Crippen LogP contribution in [-0.4, -0.2) is 10.1 Å². The van der Waals surface area contributed by atoms with E-state index in [-0.39, 0.29) is 0 Å². The molecular weight excluding hydrogens is 126 g/mol.